The van der Waals surface area contributed by atoms with Crippen molar-refractivity contribution in [3.8, 4) is 5.75 Å². The Morgan fingerprint density at radius 1 is 1.18 bits per heavy atom. The number of hydrogen-bond donors (Lipinski definition) is 3. The molecule has 216 valence electrons. The lowest BCUT2D eigenvalue weighted by Gasteiger charge is -2.30. The number of aromatic nitrogens is 3. The largest absolute Gasteiger partial charge is 0.488 e. The van der Waals surface area contributed by atoms with E-state index in [2.05, 4.69) is 20.2 Å². The van der Waals surface area contributed by atoms with Crippen molar-refractivity contribution in [2.75, 3.05) is 31.5 Å². The van der Waals surface area contributed by atoms with Crippen molar-refractivity contribution >= 4 is 23.1 Å². The second-order valence-corrected chi connectivity index (χ2v) is 11.8. The monoisotopic (exact) mass is 550 g/mol. The van der Waals surface area contributed by atoms with Gasteiger partial charge in [-0.15, -0.1) is 0 Å². The molecule has 10 heteroatoms. The topological polar surface area (TPSA) is 114 Å². The molecule has 0 bridgehead atoms. The number of hydrogen-bond acceptors (Lipinski definition) is 8. The number of fused-ring (bicyclic) bond motifs is 1. The third kappa shape index (κ3) is 6.67. The van der Waals surface area contributed by atoms with E-state index in [0.29, 0.717) is 24.6 Å². The molecule has 2 saturated heterocycles. The third-order valence-corrected chi connectivity index (χ3v) is 7.42. The van der Waals surface area contributed by atoms with E-state index in [1.807, 2.05) is 52.0 Å². The molecule has 0 radical (unpaired) electrons. The van der Waals surface area contributed by atoms with E-state index in [9.17, 15) is 9.90 Å². The van der Waals surface area contributed by atoms with Gasteiger partial charge in [0.1, 0.15) is 23.0 Å². The van der Waals surface area contributed by atoms with Gasteiger partial charge in [0, 0.05) is 30.5 Å². The number of aliphatic hydroxyl groups is 1. The number of benzene rings is 1. The zero-order chi connectivity index (χ0) is 28.3. The average Bonchev–Trinajstić information content (AvgIpc) is 3.09. The van der Waals surface area contributed by atoms with Gasteiger partial charge in [-0.2, -0.15) is 0 Å². The first kappa shape index (κ1) is 28.2. The number of piperidine rings is 1. The van der Waals surface area contributed by atoms with E-state index < -0.39 is 11.8 Å². The van der Waals surface area contributed by atoms with Gasteiger partial charge in [-0.25, -0.2) is 9.78 Å². The summed E-state index contributed by atoms with van der Waals surface area (Å²) in [4.78, 5) is 24.1. The number of carbonyl (C=O) groups excluding carboxylic acids is 1. The molecule has 10 nitrogen and oxygen atoms in total. The minimum Gasteiger partial charge on any atom is -0.488 e. The molecule has 0 aliphatic carbocycles. The Morgan fingerprint density at radius 3 is 2.73 bits per heavy atom. The Labute approximate surface area is 236 Å². The molecule has 1 unspecified atom stereocenters. The summed E-state index contributed by atoms with van der Waals surface area (Å²) in [7, 11) is 0. The first-order chi connectivity index (χ1) is 19.2. The van der Waals surface area contributed by atoms with Crippen molar-refractivity contribution < 1.29 is 19.4 Å². The lowest BCUT2D eigenvalue weighted by atomic mass is 10.1. The maximum atomic E-state index is 13.1. The van der Waals surface area contributed by atoms with Gasteiger partial charge < -0.3 is 34.7 Å². The summed E-state index contributed by atoms with van der Waals surface area (Å²) < 4.78 is 14.5. The predicted molar refractivity (Wildman–Crippen MR) is 155 cm³/mol. The first-order valence-electron chi connectivity index (χ1n) is 14.4. The van der Waals surface area contributed by atoms with Crippen LogP contribution in [0.15, 0.2) is 36.5 Å². The summed E-state index contributed by atoms with van der Waals surface area (Å²) >= 11 is 0. The van der Waals surface area contributed by atoms with Crippen molar-refractivity contribution in [1.29, 1.82) is 0 Å². The summed E-state index contributed by atoms with van der Waals surface area (Å²) in [6.45, 7) is 10.5. The Bertz CT molecular complexity index is 1310. The number of amides is 1. The molecule has 2 aliphatic heterocycles. The molecule has 1 amide bonds. The number of para-hydroxylation sites is 1. The number of rotatable bonds is 6. The summed E-state index contributed by atoms with van der Waals surface area (Å²) in [5, 5.41) is 17.8. The van der Waals surface area contributed by atoms with E-state index in [1.165, 1.54) is 0 Å². The fraction of sp³-hybridized carbons (Fsp3) is 0.567. The highest BCUT2D eigenvalue weighted by Crippen LogP contribution is 2.37. The zero-order valence-electron chi connectivity index (χ0n) is 24.0. The maximum absolute atomic E-state index is 13.1. The first-order valence-corrected chi connectivity index (χ1v) is 14.4. The molecule has 2 aliphatic rings. The highest BCUT2D eigenvalue weighted by molar-refractivity contribution is 5.85. The van der Waals surface area contributed by atoms with Gasteiger partial charge >= 0.3 is 6.09 Å². The summed E-state index contributed by atoms with van der Waals surface area (Å²) in [5.41, 5.74) is 2.60. The van der Waals surface area contributed by atoms with E-state index in [0.717, 1.165) is 67.7 Å². The molecule has 4 heterocycles. The number of aryl methyl sites for hydroxylation is 1. The van der Waals surface area contributed by atoms with Gasteiger partial charge in [-0.3, -0.25) is 4.98 Å². The second kappa shape index (κ2) is 12.0. The molecule has 0 saturated carbocycles. The van der Waals surface area contributed by atoms with Crippen LogP contribution in [0.4, 0.5) is 10.7 Å². The maximum Gasteiger partial charge on any atom is 0.410 e. The predicted octanol–water partition coefficient (Wildman–Crippen LogP) is 4.94. The molecule has 3 N–H and O–H groups in total. The van der Waals surface area contributed by atoms with Crippen LogP contribution in [0.3, 0.4) is 0 Å². The lowest BCUT2D eigenvalue weighted by molar-refractivity contribution is 0.0238. The van der Waals surface area contributed by atoms with Crippen LogP contribution < -0.4 is 15.4 Å². The summed E-state index contributed by atoms with van der Waals surface area (Å²) in [6.07, 6.45) is 5.07. The number of pyridine rings is 1. The Kier molecular flexibility index (Phi) is 8.46. The number of nitrogens with one attached hydrogen (secondary N) is 2. The van der Waals surface area contributed by atoms with Gasteiger partial charge in [-0.05, 0) is 97.2 Å². The molecule has 1 aromatic carbocycles. The van der Waals surface area contributed by atoms with E-state index in [1.54, 1.807) is 17.2 Å². The minimum absolute atomic E-state index is 0.0910. The average molecular weight is 551 g/mol. The number of aliphatic hydroxyl groups excluding tert-OH is 1. The molecular formula is C30H42N6O4. The zero-order valence-corrected chi connectivity index (χ0v) is 24.0. The fourth-order valence-electron chi connectivity index (χ4n) is 5.53. The second-order valence-electron chi connectivity index (χ2n) is 11.8. The van der Waals surface area contributed by atoms with Gasteiger partial charge in [0.15, 0.2) is 6.23 Å². The van der Waals surface area contributed by atoms with Crippen LogP contribution in [-0.4, -0.2) is 68.5 Å². The van der Waals surface area contributed by atoms with E-state index >= 15 is 0 Å². The van der Waals surface area contributed by atoms with Crippen LogP contribution in [0, 0.1) is 6.92 Å². The highest BCUT2D eigenvalue weighted by atomic mass is 16.6. The SMILES string of the molecule is Cc1cc(C(O)Nc2nc3cccc(OC4CCNCC4)c3n2[C@@H]2CCCCN(C(=O)OC(C)(C)C)C2)ccn1. The molecule has 2 atom stereocenters. The van der Waals surface area contributed by atoms with Crippen LogP contribution in [0.2, 0.25) is 0 Å². The molecule has 2 fully saturated rings. The van der Waals surface area contributed by atoms with E-state index in [4.69, 9.17) is 14.5 Å². The van der Waals surface area contributed by atoms with E-state index in [-0.39, 0.29) is 18.2 Å². The molecule has 5 rings (SSSR count). The number of imidazole rings is 1. The third-order valence-electron chi connectivity index (χ3n) is 7.42. The number of nitrogens with zero attached hydrogens (tertiary/aromatic N) is 4. The molecule has 3 aromatic rings. The molecule has 2 aromatic heterocycles. The molecule has 40 heavy (non-hydrogen) atoms. The number of likely N-dealkylation sites (tertiary alicyclic amines) is 1. The van der Waals surface area contributed by atoms with Crippen LogP contribution in [0.25, 0.3) is 11.0 Å². The smallest absolute Gasteiger partial charge is 0.410 e. The van der Waals surface area contributed by atoms with Crippen molar-refractivity contribution in [3.05, 3.63) is 47.8 Å². The van der Waals surface area contributed by atoms with Gasteiger partial charge in [0.2, 0.25) is 5.95 Å². The van der Waals surface area contributed by atoms with Crippen LogP contribution in [-0.2, 0) is 4.74 Å². The fourth-order valence-corrected chi connectivity index (χ4v) is 5.53. The lowest BCUT2D eigenvalue weighted by Crippen LogP contribution is -2.39. The van der Waals surface area contributed by atoms with Crippen LogP contribution in [0.1, 0.15) is 76.4 Å². The van der Waals surface area contributed by atoms with Gasteiger partial charge in [0.05, 0.1) is 11.6 Å². The van der Waals surface area contributed by atoms with Crippen molar-refractivity contribution in [2.45, 2.75) is 83.8 Å². The van der Waals surface area contributed by atoms with Crippen LogP contribution in [0.5, 0.6) is 5.75 Å². The minimum atomic E-state index is -0.987. The van der Waals surface area contributed by atoms with Crippen molar-refractivity contribution in [3.63, 3.8) is 0 Å². The van der Waals surface area contributed by atoms with Crippen molar-refractivity contribution in [2.24, 2.45) is 0 Å². The molecule has 0 spiro atoms. The number of ether oxygens (including phenoxy) is 2. The molecular weight excluding hydrogens is 508 g/mol. The number of carbonyl (C=O) groups is 1. The van der Waals surface area contributed by atoms with Crippen LogP contribution >= 0.6 is 0 Å². The Morgan fingerprint density at radius 2 is 1.98 bits per heavy atom. The number of anilines is 1. The standard InChI is InChI=1S/C30H42N6O4/c1-20-18-21(11-16-32-20)27(37)34-28-33-24-9-7-10-25(39-23-12-14-31-15-13-23)26(24)36(28)22-8-5-6-17-35(19-22)29(38)40-30(2,3)4/h7,9-11,16,18,22-23,27,31,37H,5-6,8,12-15,17,19H2,1-4H3,(H,33,34)/t22-,27?/m1/s1. The Balaban J connectivity index is 1.54. The summed E-state index contributed by atoms with van der Waals surface area (Å²) in [6, 6.07) is 9.48. The summed E-state index contributed by atoms with van der Waals surface area (Å²) in [5.74, 6) is 1.31. The normalized spacial score (nSPS) is 19.7. The quantitative estimate of drug-likeness (QED) is 0.370. The van der Waals surface area contributed by atoms with Gasteiger partial charge in [0.25, 0.3) is 0 Å². The Hall–Kier alpha value is -3.37. The highest BCUT2D eigenvalue weighted by Gasteiger charge is 2.31. The van der Waals surface area contributed by atoms with Crippen molar-refractivity contribution in [1.82, 2.24) is 24.8 Å². The van der Waals surface area contributed by atoms with Gasteiger partial charge in [-0.1, -0.05) is 6.07 Å².